The minimum absolute atomic E-state index is 0.143. The smallest absolute Gasteiger partial charge is 0.354 e. The lowest BCUT2D eigenvalue weighted by atomic mass is 10.1. The second-order valence-electron chi connectivity index (χ2n) is 7.55. The van der Waals surface area contributed by atoms with Crippen LogP contribution >= 0.6 is 0 Å². The van der Waals surface area contributed by atoms with Gasteiger partial charge in [0.25, 0.3) is 0 Å². The van der Waals surface area contributed by atoms with Gasteiger partial charge >= 0.3 is 5.97 Å². The van der Waals surface area contributed by atoms with Gasteiger partial charge in [-0.2, -0.15) is 4.31 Å². The Bertz CT molecular complexity index is 1050. The number of hydrogen-bond donors (Lipinski definition) is 0. The third kappa shape index (κ3) is 4.34. The van der Waals surface area contributed by atoms with Crippen LogP contribution in [0.1, 0.15) is 58.4 Å². The normalized spacial score (nSPS) is 11.9. The minimum Gasteiger partial charge on any atom is -0.464 e. The quantitative estimate of drug-likeness (QED) is 0.469. The number of methoxy groups -OCH3 is 1. The fourth-order valence-electron chi connectivity index (χ4n) is 3.67. The van der Waals surface area contributed by atoms with Crippen LogP contribution in [0.3, 0.4) is 0 Å². The lowest BCUT2D eigenvalue weighted by Crippen LogP contribution is -2.40. The summed E-state index contributed by atoms with van der Waals surface area (Å²) >= 11 is 0. The summed E-state index contributed by atoms with van der Waals surface area (Å²) in [6.45, 7) is 10.8. The molecule has 0 unspecified atom stereocenters. The van der Waals surface area contributed by atoms with Crippen LogP contribution < -0.4 is 0 Å². The van der Waals surface area contributed by atoms with Crippen molar-refractivity contribution < 1.29 is 22.7 Å². The minimum atomic E-state index is -3.86. The molecule has 0 aliphatic heterocycles. The van der Waals surface area contributed by atoms with Crippen molar-refractivity contribution >= 4 is 21.8 Å². The lowest BCUT2D eigenvalue weighted by Gasteiger charge is -2.25. The number of rotatable bonds is 8. The van der Waals surface area contributed by atoms with Gasteiger partial charge in [-0.3, -0.25) is 4.79 Å². The molecule has 8 heteroatoms. The number of ether oxygens (including phenoxy) is 1. The Morgan fingerprint density at radius 2 is 1.67 bits per heavy atom. The number of benzene rings is 1. The zero-order valence-electron chi connectivity index (χ0n) is 18.6. The van der Waals surface area contributed by atoms with Crippen LogP contribution in [0.5, 0.6) is 0 Å². The number of esters is 1. The Kier molecular flexibility index (Phi) is 7.26. The van der Waals surface area contributed by atoms with E-state index in [1.54, 1.807) is 56.5 Å². The molecule has 30 heavy (non-hydrogen) atoms. The second kappa shape index (κ2) is 9.14. The number of aromatic nitrogens is 1. The number of hydrogen-bond acceptors (Lipinski definition) is 5. The molecule has 0 fully saturated rings. The van der Waals surface area contributed by atoms with Gasteiger partial charge in [-0.15, -0.1) is 0 Å². The van der Waals surface area contributed by atoms with Gasteiger partial charge in [-0.25, -0.2) is 13.2 Å². The average Bonchev–Trinajstić information content (AvgIpc) is 2.94. The third-order valence-corrected chi connectivity index (χ3v) is 7.28. The summed E-state index contributed by atoms with van der Waals surface area (Å²) in [5.74, 6) is -0.878. The molecular weight excluding hydrogens is 404 g/mol. The highest BCUT2D eigenvalue weighted by atomic mass is 32.2. The van der Waals surface area contributed by atoms with E-state index in [4.69, 9.17) is 4.74 Å². The topological polar surface area (TPSA) is 85.7 Å². The van der Waals surface area contributed by atoms with E-state index in [1.807, 2.05) is 13.8 Å². The van der Waals surface area contributed by atoms with Crippen molar-refractivity contribution in [3.05, 3.63) is 52.3 Å². The van der Waals surface area contributed by atoms with Crippen LogP contribution in [-0.4, -0.2) is 48.7 Å². The maximum atomic E-state index is 13.3. The lowest BCUT2D eigenvalue weighted by molar-refractivity contribution is 0.0587. The Balaban J connectivity index is 2.49. The molecule has 0 radical (unpaired) electrons. The van der Waals surface area contributed by atoms with Crippen LogP contribution in [-0.2, 0) is 21.3 Å². The molecule has 1 heterocycles. The van der Waals surface area contributed by atoms with Gasteiger partial charge in [0.05, 0.1) is 18.6 Å². The van der Waals surface area contributed by atoms with Crippen molar-refractivity contribution in [3.63, 3.8) is 0 Å². The standard InChI is InChI=1S/C22H30N2O5S/c1-8-23-17(6)20(16(5)21(23)22(26)29-7)19(25)13-24(14(2)3)30(27,28)18-11-9-15(4)10-12-18/h9-12,14H,8,13H2,1-7H3. The molecule has 7 nitrogen and oxygen atoms in total. The summed E-state index contributed by atoms with van der Waals surface area (Å²) in [5, 5.41) is 0. The molecule has 0 saturated carbocycles. The van der Waals surface area contributed by atoms with E-state index in [0.717, 1.165) is 5.56 Å². The molecule has 0 atom stereocenters. The number of carbonyl (C=O) groups excluding carboxylic acids is 2. The van der Waals surface area contributed by atoms with Crippen LogP contribution in [0.4, 0.5) is 0 Å². The summed E-state index contributed by atoms with van der Waals surface area (Å²) in [6, 6.07) is 6.12. The van der Waals surface area contributed by atoms with E-state index in [9.17, 15) is 18.0 Å². The number of sulfonamides is 1. The molecule has 0 aliphatic carbocycles. The summed E-state index contributed by atoms with van der Waals surface area (Å²) in [7, 11) is -2.57. The number of nitrogens with zero attached hydrogens (tertiary/aromatic N) is 2. The first kappa shape index (κ1) is 23.8. The van der Waals surface area contributed by atoms with Crippen molar-refractivity contribution in [2.45, 2.75) is 59.0 Å². The monoisotopic (exact) mass is 434 g/mol. The van der Waals surface area contributed by atoms with E-state index in [0.29, 0.717) is 29.1 Å². The Labute approximate surface area is 178 Å². The molecule has 0 bridgehead atoms. The molecule has 1 aromatic heterocycles. The highest BCUT2D eigenvalue weighted by Crippen LogP contribution is 2.26. The van der Waals surface area contributed by atoms with Gasteiger partial charge in [0.2, 0.25) is 10.0 Å². The van der Waals surface area contributed by atoms with Crippen molar-refractivity contribution in [2.24, 2.45) is 0 Å². The van der Waals surface area contributed by atoms with Crippen molar-refractivity contribution in [1.82, 2.24) is 8.87 Å². The van der Waals surface area contributed by atoms with Gasteiger partial charge in [0, 0.05) is 23.8 Å². The number of aryl methyl sites for hydroxylation is 1. The predicted octanol–water partition coefficient (Wildman–Crippen LogP) is 3.50. The van der Waals surface area contributed by atoms with E-state index in [-0.39, 0.29) is 17.2 Å². The largest absolute Gasteiger partial charge is 0.464 e. The van der Waals surface area contributed by atoms with E-state index >= 15 is 0 Å². The van der Waals surface area contributed by atoms with Gasteiger partial charge in [-0.05, 0) is 59.2 Å². The van der Waals surface area contributed by atoms with E-state index in [1.165, 1.54) is 11.4 Å². The van der Waals surface area contributed by atoms with E-state index < -0.39 is 22.0 Å². The number of carbonyl (C=O) groups is 2. The third-order valence-electron chi connectivity index (χ3n) is 5.24. The van der Waals surface area contributed by atoms with Crippen LogP contribution in [0.25, 0.3) is 0 Å². The molecule has 0 N–H and O–H groups in total. The summed E-state index contributed by atoms with van der Waals surface area (Å²) < 4.78 is 34.2. The van der Waals surface area contributed by atoms with Crippen LogP contribution in [0, 0.1) is 20.8 Å². The first-order chi connectivity index (χ1) is 14.0. The van der Waals surface area contributed by atoms with Gasteiger partial charge in [0.15, 0.2) is 5.78 Å². The molecule has 0 spiro atoms. The zero-order chi connectivity index (χ0) is 22.8. The Morgan fingerprint density at radius 3 is 2.13 bits per heavy atom. The average molecular weight is 435 g/mol. The molecule has 0 aliphatic rings. The SMILES string of the molecule is CCn1c(C)c(C(=O)CN(C(C)C)S(=O)(=O)c2ccc(C)cc2)c(C)c1C(=O)OC. The van der Waals surface area contributed by atoms with Crippen LogP contribution in [0.15, 0.2) is 29.2 Å². The summed E-state index contributed by atoms with van der Waals surface area (Å²) in [4.78, 5) is 25.6. The first-order valence-corrected chi connectivity index (χ1v) is 11.3. The zero-order valence-corrected chi connectivity index (χ0v) is 19.5. The molecule has 1 aromatic carbocycles. The molecule has 2 aromatic rings. The fourth-order valence-corrected chi connectivity index (χ4v) is 5.27. The molecule has 2 rings (SSSR count). The van der Waals surface area contributed by atoms with Gasteiger partial charge in [0.1, 0.15) is 5.69 Å². The molecule has 0 saturated heterocycles. The summed E-state index contributed by atoms with van der Waals surface area (Å²) in [5.41, 5.74) is 2.75. The van der Waals surface area contributed by atoms with Crippen molar-refractivity contribution in [1.29, 1.82) is 0 Å². The van der Waals surface area contributed by atoms with E-state index in [2.05, 4.69) is 0 Å². The molecular formula is C22H30N2O5S. The van der Waals surface area contributed by atoms with Crippen LogP contribution in [0.2, 0.25) is 0 Å². The highest BCUT2D eigenvalue weighted by Gasteiger charge is 2.32. The predicted molar refractivity (Wildman–Crippen MR) is 115 cm³/mol. The molecule has 164 valence electrons. The fraction of sp³-hybridized carbons (Fsp3) is 0.455. The summed E-state index contributed by atoms with van der Waals surface area (Å²) in [6.07, 6.45) is 0. The first-order valence-electron chi connectivity index (χ1n) is 9.87. The van der Waals surface area contributed by atoms with Gasteiger partial charge in [-0.1, -0.05) is 17.7 Å². The maximum Gasteiger partial charge on any atom is 0.354 e. The number of ketones is 1. The number of Topliss-reactive ketones (excluding diaryl/α,β-unsaturated/α-hetero) is 1. The van der Waals surface area contributed by atoms with Gasteiger partial charge < -0.3 is 9.30 Å². The molecule has 0 amide bonds. The van der Waals surface area contributed by atoms with Crippen molar-refractivity contribution in [2.75, 3.05) is 13.7 Å². The Hall–Kier alpha value is -2.45. The highest BCUT2D eigenvalue weighted by molar-refractivity contribution is 7.89. The second-order valence-corrected chi connectivity index (χ2v) is 9.44. The Morgan fingerprint density at radius 1 is 1.10 bits per heavy atom. The maximum absolute atomic E-state index is 13.3. The van der Waals surface area contributed by atoms with Crippen molar-refractivity contribution in [3.8, 4) is 0 Å².